The van der Waals surface area contributed by atoms with Crippen molar-refractivity contribution in [3.63, 3.8) is 0 Å². The summed E-state index contributed by atoms with van der Waals surface area (Å²) >= 11 is 3.67. The van der Waals surface area contributed by atoms with Gasteiger partial charge in [0, 0.05) is 16.6 Å². The minimum atomic E-state index is 0.422. The Labute approximate surface area is 132 Å². The van der Waals surface area contributed by atoms with Gasteiger partial charge in [0.25, 0.3) is 0 Å². The molecule has 1 aliphatic rings. The third kappa shape index (κ3) is 4.33. The summed E-state index contributed by atoms with van der Waals surface area (Å²) < 4.78 is 1.22. The second-order valence-corrected chi connectivity index (χ2v) is 7.47. The summed E-state index contributed by atoms with van der Waals surface area (Å²) in [5, 5.41) is 3.85. The predicted molar refractivity (Wildman–Crippen MR) is 90.9 cm³/mol. The van der Waals surface area contributed by atoms with Crippen molar-refractivity contribution in [2.45, 2.75) is 65.0 Å². The molecule has 0 heterocycles. The van der Waals surface area contributed by atoms with Gasteiger partial charge in [-0.2, -0.15) is 0 Å². The highest BCUT2D eigenvalue weighted by Crippen LogP contribution is 2.30. The zero-order valence-electron chi connectivity index (χ0n) is 13.0. The van der Waals surface area contributed by atoms with Crippen LogP contribution in [0, 0.1) is 11.8 Å². The maximum Gasteiger partial charge on any atom is 0.0305 e. The fourth-order valence-electron chi connectivity index (χ4n) is 3.43. The van der Waals surface area contributed by atoms with Gasteiger partial charge in [-0.25, -0.2) is 0 Å². The highest BCUT2D eigenvalue weighted by atomic mass is 79.9. The van der Waals surface area contributed by atoms with Gasteiger partial charge in [-0.15, -0.1) is 0 Å². The molecule has 0 spiro atoms. The van der Waals surface area contributed by atoms with Crippen LogP contribution in [0.25, 0.3) is 0 Å². The Morgan fingerprint density at radius 2 is 1.80 bits per heavy atom. The van der Waals surface area contributed by atoms with Crippen molar-refractivity contribution in [1.29, 1.82) is 0 Å². The molecule has 20 heavy (non-hydrogen) atoms. The summed E-state index contributed by atoms with van der Waals surface area (Å²) in [6.07, 6.45) is 6.84. The Morgan fingerprint density at radius 3 is 2.50 bits per heavy atom. The molecule has 2 heteroatoms. The smallest absolute Gasteiger partial charge is 0.0305 e. The standard InChI is InChI=1S/C18H28BrN/c1-13(2)15-7-6-8-16(12-11-15)20-14(3)17-9-4-5-10-18(17)19/h4-5,9-10,13-16,20H,6-8,11-12H2,1-3H3. The van der Waals surface area contributed by atoms with Crippen molar-refractivity contribution >= 4 is 15.9 Å². The van der Waals surface area contributed by atoms with Crippen molar-refractivity contribution in [3.05, 3.63) is 34.3 Å². The maximum atomic E-state index is 3.85. The van der Waals surface area contributed by atoms with Crippen LogP contribution >= 0.6 is 15.9 Å². The Balaban J connectivity index is 1.92. The molecule has 0 saturated heterocycles. The zero-order chi connectivity index (χ0) is 14.5. The van der Waals surface area contributed by atoms with E-state index >= 15 is 0 Å². The normalized spacial score (nSPS) is 25.4. The molecular formula is C18H28BrN. The average Bonchev–Trinajstić information content (AvgIpc) is 2.65. The van der Waals surface area contributed by atoms with Crippen molar-refractivity contribution in [1.82, 2.24) is 5.32 Å². The summed E-state index contributed by atoms with van der Waals surface area (Å²) in [7, 11) is 0. The molecule has 3 unspecified atom stereocenters. The lowest BCUT2D eigenvalue weighted by atomic mass is 9.89. The molecule has 0 amide bonds. The van der Waals surface area contributed by atoms with E-state index in [0.29, 0.717) is 12.1 Å². The van der Waals surface area contributed by atoms with Crippen LogP contribution in [-0.4, -0.2) is 6.04 Å². The van der Waals surface area contributed by atoms with E-state index in [0.717, 1.165) is 11.8 Å². The first-order valence-electron chi connectivity index (χ1n) is 8.08. The molecule has 1 nitrogen and oxygen atoms in total. The molecule has 3 atom stereocenters. The molecule has 0 bridgehead atoms. The van der Waals surface area contributed by atoms with Gasteiger partial charge < -0.3 is 5.32 Å². The van der Waals surface area contributed by atoms with E-state index in [9.17, 15) is 0 Å². The Morgan fingerprint density at radius 1 is 1.05 bits per heavy atom. The molecule has 0 radical (unpaired) electrons. The van der Waals surface area contributed by atoms with Crippen LogP contribution in [0.2, 0.25) is 0 Å². The topological polar surface area (TPSA) is 12.0 Å². The number of hydrogen-bond donors (Lipinski definition) is 1. The first-order valence-corrected chi connectivity index (χ1v) is 8.87. The molecule has 1 fully saturated rings. The first-order chi connectivity index (χ1) is 9.58. The minimum Gasteiger partial charge on any atom is -0.307 e. The van der Waals surface area contributed by atoms with E-state index in [1.165, 1.54) is 42.1 Å². The van der Waals surface area contributed by atoms with Crippen molar-refractivity contribution in [2.75, 3.05) is 0 Å². The number of halogens is 1. The molecule has 1 aromatic rings. The summed E-state index contributed by atoms with van der Waals surface area (Å²) in [4.78, 5) is 0. The monoisotopic (exact) mass is 337 g/mol. The molecule has 1 aromatic carbocycles. The van der Waals surface area contributed by atoms with Crippen LogP contribution in [-0.2, 0) is 0 Å². The van der Waals surface area contributed by atoms with Crippen LogP contribution in [0.1, 0.15) is 64.5 Å². The van der Waals surface area contributed by atoms with Crippen LogP contribution in [0.15, 0.2) is 28.7 Å². The van der Waals surface area contributed by atoms with Gasteiger partial charge in [-0.1, -0.05) is 60.8 Å². The van der Waals surface area contributed by atoms with E-state index in [-0.39, 0.29) is 0 Å². The van der Waals surface area contributed by atoms with Crippen molar-refractivity contribution < 1.29 is 0 Å². The Hall–Kier alpha value is -0.340. The minimum absolute atomic E-state index is 0.422. The fourth-order valence-corrected chi connectivity index (χ4v) is 4.06. The largest absolute Gasteiger partial charge is 0.307 e. The van der Waals surface area contributed by atoms with Gasteiger partial charge in [0.05, 0.1) is 0 Å². The summed E-state index contributed by atoms with van der Waals surface area (Å²) in [6.45, 7) is 7.04. The number of benzene rings is 1. The lowest BCUT2D eigenvalue weighted by Gasteiger charge is -2.23. The summed E-state index contributed by atoms with van der Waals surface area (Å²) in [5.74, 6) is 1.77. The summed E-state index contributed by atoms with van der Waals surface area (Å²) in [6, 6.07) is 9.66. The van der Waals surface area contributed by atoms with Gasteiger partial charge in [0.15, 0.2) is 0 Å². The Bertz CT molecular complexity index is 416. The van der Waals surface area contributed by atoms with Gasteiger partial charge in [-0.05, 0) is 49.7 Å². The van der Waals surface area contributed by atoms with E-state index in [1.54, 1.807) is 0 Å². The van der Waals surface area contributed by atoms with Crippen LogP contribution in [0.4, 0.5) is 0 Å². The van der Waals surface area contributed by atoms with E-state index in [1.807, 2.05) is 0 Å². The van der Waals surface area contributed by atoms with Gasteiger partial charge in [0.1, 0.15) is 0 Å². The molecule has 2 rings (SSSR count). The molecule has 112 valence electrons. The van der Waals surface area contributed by atoms with E-state index in [2.05, 4.69) is 66.3 Å². The maximum absolute atomic E-state index is 3.85. The van der Waals surface area contributed by atoms with Crippen molar-refractivity contribution in [3.8, 4) is 0 Å². The zero-order valence-corrected chi connectivity index (χ0v) is 14.6. The average molecular weight is 338 g/mol. The molecule has 0 aliphatic heterocycles. The highest BCUT2D eigenvalue weighted by molar-refractivity contribution is 9.10. The predicted octanol–water partition coefficient (Wildman–Crippen LogP) is 5.70. The molecule has 0 aromatic heterocycles. The Kier molecular flexibility index (Phi) is 6.10. The molecule has 1 N–H and O–H groups in total. The van der Waals surface area contributed by atoms with E-state index in [4.69, 9.17) is 0 Å². The van der Waals surface area contributed by atoms with Gasteiger partial charge in [-0.3, -0.25) is 0 Å². The first kappa shape index (κ1) is 16.0. The van der Waals surface area contributed by atoms with Crippen LogP contribution in [0.3, 0.4) is 0 Å². The fraction of sp³-hybridized carbons (Fsp3) is 0.667. The lowest BCUT2D eigenvalue weighted by Crippen LogP contribution is -2.31. The quantitative estimate of drug-likeness (QED) is 0.694. The van der Waals surface area contributed by atoms with Gasteiger partial charge >= 0.3 is 0 Å². The molecular weight excluding hydrogens is 310 g/mol. The highest BCUT2D eigenvalue weighted by Gasteiger charge is 2.22. The second-order valence-electron chi connectivity index (χ2n) is 6.62. The number of rotatable bonds is 4. The van der Waals surface area contributed by atoms with Crippen LogP contribution in [0.5, 0.6) is 0 Å². The lowest BCUT2D eigenvalue weighted by molar-refractivity contribution is 0.335. The van der Waals surface area contributed by atoms with Crippen molar-refractivity contribution in [2.24, 2.45) is 11.8 Å². The SMILES string of the molecule is CC(NC1CCCC(C(C)C)CC1)c1ccccc1Br. The van der Waals surface area contributed by atoms with Gasteiger partial charge in [0.2, 0.25) is 0 Å². The number of nitrogens with one attached hydrogen (secondary N) is 1. The third-order valence-electron chi connectivity index (χ3n) is 4.81. The third-order valence-corrected chi connectivity index (χ3v) is 5.54. The summed E-state index contributed by atoms with van der Waals surface area (Å²) in [5.41, 5.74) is 1.37. The second kappa shape index (κ2) is 7.61. The molecule has 1 aliphatic carbocycles. The van der Waals surface area contributed by atoms with E-state index < -0.39 is 0 Å². The number of hydrogen-bond acceptors (Lipinski definition) is 1. The van der Waals surface area contributed by atoms with Crippen LogP contribution < -0.4 is 5.32 Å². The molecule has 1 saturated carbocycles.